The summed E-state index contributed by atoms with van der Waals surface area (Å²) in [5.74, 6) is 0.866. The van der Waals surface area contributed by atoms with E-state index in [-0.39, 0.29) is 24.1 Å². The van der Waals surface area contributed by atoms with Gasteiger partial charge in [0.15, 0.2) is 5.17 Å². The minimum Gasteiger partial charge on any atom is -0.292 e. The third-order valence-corrected chi connectivity index (χ3v) is 6.86. The van der Waals surface area contributed by atoms with E-state index in [0.717, 1.165) is 34.1 Å². The van der Waals surface area contributed by atoms with Crippen LogP contribution in [0.4, 0.5) is 5.69 Å². The topological polar surface area (TPSA) is 59.6 Å². The van der Waals surface area contributed by atoms with Gasteiger partial charge in [-0.3, -0.25) is 18.8 Å². The first-order chi connectivity index (χ1) is 15.0. The highest BCUT2D eigenvalue weighted by Crippen LogP contribution is 2.29. The molecule has 1 unspecified atom stereocenters. The summed E-state index contributed by atoms with van der Waals surface area (Å²) in [7, 11) is 0. The molecule has 1 saturated heterocycles. The maximum absolute atomic E-state index is 13.3. The molecule has 0 saturated carbocycles. The molecule has 1 aliphatic heterocycles. The van der Waals surface area contributed by atoms with Crippen LogP contribution in [0.3, 0.4) is 0 Å². The van der Waals surface area contributed by atoms with Crippen molar-refractivity contribution >= 4 is 39.6 Å². The molecule has 3 aromatic rings. The molecule has 0 radical (unpaired) electrons. The van der Waals surface area contributed by atoms with Gasteiger partial charge in [0.1, 0.15) is 0 Å². The average Bonchev–Trinajstić information content (AvgIpc) is 3.31. The molecule has 6 nitrogen and oxygen atoms in total. The van der Waals surface area contributed by atoms with Crippen molar-refractivity contribution < 1.29 is 4.79 Å². The van der Waals surface area contributed by atoms with Gasteiger partial charge in [0.25, 0.3) is 0 Å². The fourth-order valence-electron chi connectivity index (χ4n) is 4.02. The number of hydrogen-bond donors (Lipinski definition) is 0. The standard InChI is InChI=1S/C24H28N4O2S/c1-4-19-16-31-23(25-18-12-10-17(3)11-13-18)28(19)22(29)14-15-27-21-9-7-6-8-20(21)26(5-2)24(27)30/h6-13,19H,4-5,14-16H2,1-3H3. The number of amides is 1. The second kappa shape index (κ2) is 9.14. The summed E-state index contributed by atoms with van der Waals surface area (Å²) in [4.78, 5) is 32.7. The lowest BCUT2D eigenvalue weighted by molar-refractivity contribution is -0.128. The number of para-hydroxylation sites is 2. The molecule has 2 heterocycles. The molecule has 0 spiro atoms. The first kappa shape index (κ1) is 21.4. The van der Waals surface area contributed by atoms with Crippen LogP contribution >= 0.6 is 11.8 Å². The number of amidine groups is 1. The second-order valence-corrected chi connectivity index (χ2v) is 8.77. The summed E-state index contributed by atoms with van der Waals surface area (Å²) in [6.45, 7) is 7.07. The zero-order valence-electron chi connectivity index (χ0n) is 18.2. The maximum atomic E-state index is 13.3. The van der Waals surface area contributed by atoms with Gasteiger partial charge < -0.3 is 0 Å². The minimum absolute atomic E-state index is 0.0166. The second-order valence-electron chi connectivity index (χ2n) is 7.78. The molecular weight excluding hydrogens is 408 g/mol. The van der Waals surface area contributed by atoms with Gasteiger partial charge in [0, 0.05) is 31.3 Å². The van der Waals surface area contributed by atoms with E-state index < -0.39 is 0 Å². The Morgan fingerprint density at radius 2 is 1.74 bits per heavy atom. The summed E-state index contributed by atoms with van der Waals surface area (Å²) in [6.07, 6.45) is 1.14. The van der Waals surface area contributed by atoms with Crippen LogP contribution in [0.2, 0.25) is 0 Å². The molecule has 1 fully saturated rings. The number of carbonyl (C=O) groups is 1. The summed E-state index contributed by atoms with van der Waals surface area (Å²) < 4.78 is 3.47. The minimum atomic E-state index is -0.0621. The van der Waals surface area contributed by atoms with Crippen molar-refractivity contribution in [1.82, 2.24) is 14.0 Å². The Balaban J connectivity index is 1.58. The summed E-state index contributed by atoms with van der Waals surface area (Å²) in [5.41, 5.74) is 3.75. The molecule has 31 heavy (non-hydrogen) atoms. The van der Waals surface area contributed by atoms with Gasteiger partial charge in [-0.2, -0.15) is 0 Å². The fraction of sp³-hybridized carbons (Fsp3) is 0.375. The Morgan fingerprint density at radius 3 is 2.39 bits per heavy atom. The van der Waals surface area contributed by atoms with Crippen LogP contribution in [0.5, 0.6) is 0 Å². The predicted molar refractivity (Wildman–Crippen MR) is 128 cm³/mol. The van der Waals surface area contributed by atoms with E-state index >= 15 is 0 Å². The Bertz CT molecular complexity index is 1180. The molecule has 1 aromatic heterocycles. The number of hydrogen-bond acceptors (Lipinski definition) is 4. The lowest BCUT2D eigenvalue weighted by atomic mass is 10.2. The molecule has 1 amide bonds. The number of thioether (sulfide) groups is 1. The third kappa shape index (κ3) is 4.19. The Morgan fingerprint density at radius 1 is 1.06 bits per heavy atom. The molecule has 7 heteroatoms. The van der Waals surface area contributed by atoms with E-state index in [1.807, 2.05) is 67.3 Å². The molecule has 162 valence electrons. The number of rotatable bonds is 6. The van der Waals surface area contributed by atoms with Gasteiger partial charge in [-0.15, -0.1) is 0 Å². The van der Waals surface area contributed by atoms with Crippen molar-refractivity contribution in [1.29, 1.82) is 0 Å². The van der Waals surface area contributed by atoms with Gasteiger partial charge in [0.05, 0.1) is 16.7 Å². The normalized spacial score (nSPS) is 17.7. The van der Waals surface area contributed by atoms with Crippen molar-refractivity contribution in [2.24, 2.45) is 4.99 Å². The van der Waals surface area contributed by atoms with Gasteiger partial charge in [-0.1, -0.05) is 48.5 Å². The van der Waals surface area contributed by atoms with Crippen molar-refractivity contribution in [3.05, 3.63) is 64.6 Å². The monoisotopic (exact) mass is 436 g/mol. The first-order valence-electron chi connectivity index (χ1n) is 10.8. The lowest BCUT2D eigenvalue weighted by Gasteiger charge is -2.23. The van der Waals surface area contributed by atoms with Crippen molar-refractivity contribution in [2.75, 3.05) is 5.75 Å². The Hall–Kier alpha value is -2.80. The van der Waals surface area contributed by atoms with Gasteiger partial charge >= 0.3 is 5.69 Å². The van der Waals surface area contributed by atoms with Crippen LogP contribution in [0.1, 0.15) is 32.3 Å². The summed E-state index contributed by atoms with van der Waals surface area (Å²) >= 11 is 1.63. The van der Waals surface area contributed by atoms with Gasteiger partial charge in [-0.25, -0.2) is 9.79 Å². The van der Waals surface area contributed by atoms with Crippen LogP contribution < -0.4 is 5.69 Å². The zero-order chi connectivity index (χ0) is 22.0. The number of aliphatic imine (C=N–C) groups is 1. The number of aromatic nitrogens is 2. The van der Waals surface area contributed by atoms with E-state index in [9.17, 15) is 9.59 Å². The van der Waals surface area contributed by atoms with E-state index in [2.05, 4.69) is 6.92 Å². The van der Waals surface area contributed by atoms with Crippen LogP contribution in [-0.2, 0) is 17.9 Å². The average molecular weight is 437 g/mol. The van der Waals surface area contributed by atoms with E-state index in [0.29, 0.717) is 13.1 Å². The largest absolute Gasteiger partial charge is 0.329 e. The number of benzene rings is 2. The molecule has 2 aromatic carbocycles. The van der Waals surface area contributed by atoms with Crippen LogP contribution in [0.15, 0.2) is 58.3 Å². The fourth-order valence-corrected chi connectivity index (χ4v) is 5.31. The molecule has 4 rings (SSSR count). The molecule has 0 aliphatic carbocycles. The van der Waals surface area contributed by atoms with Crippen molar-refractivity contribution in [2.45, 2.75) is 52.7 Å². The van der Waals surface area contributed by atoms with E-state index in [1.165, 1.54) is 5.56 Å². The Kier molecular flexibility index (Phi) is 6.32. The number of nitrogens with zero attached hydrogens (tertiary/aromatic N) is 4. The maximum Gasteiger partial charge on any atom is 0.329 e. The van der Waals surface area contributed by atoms with Gasteiger partial charge in [-0.05, 0) is 44.5 Å². The predicted octanol–water partition coefficient (Wildman–Crippen LogP) is 4.56. The molecular formula is C24H28N4O2S. The molecule has 1 aliphatic rings. The summed E-state index contributed by atoms with van der Waals surface area (Å²) in [5, 5.41) is 0.754. The third-order valence-electron chi connectivity index (χ3n) is 5.77. The SMILES string of the molecule is CCC1CSC(=Nc2ccc(C)cc2)N1C(=O)CCn1c(=O)n(CC)c2ccccc21. The first-order valence-corrected chi connectivity index (χ1v) is 11.8. The molecule has 0 N–H and O–H groups in total. The van der Waals surface area contributed by atoms with Crippen LogP contribution in [-0.4, -0.2) is 36.9 Å². The van der Waals surface area contributed by atoms with Crippen LogP contribution in [0.25, 0.3) is 11.0 Å². The van der Waals surface area contributed by atoms with Crippen molar-refractivity contribution in [3.8, 4) is 0 Å². The summed E-state index contributed by atoms with van der Waals surface area (Å²) in [6, 6.07) is 15.9. The number of fused-ring (bicyclic) bond motifs is 1. The molecule has 0 bridgehead atoms. The zero-order valence-corrected chi connectivity index (χ0v) is 19.1. The van der Waals surface area contributed by atoms with Crippen LogP contribution in [0, 0.1) is 6.92 Å². The van der Waals surface area contributed by atoms with E-state index in [4.69, 9.17) is 4.99 Å². The highest BCUT2D eigenvalue weighted by Gasteiger charge is 2.33. The molecule has 1 atom stereocenters. The van der Waals surface area contributed by atoms with Crippen molar-refractivity contribution in [3.63, 3.8) is 0 Å². The quantitative estimate of drug-likeness (QED) is 0.569. The number of carbonyl (C=O) groups excluding carboxylic acids is 1. The highest BCUT2D eigenvalue weighted by molar-refractivity contribution is 8.14. The van der Waals surface area contributed by atoms with Gasteiger partial charge in [0.2, 0.25) is 5.91 Å². The van der Waals surface area contributed by atoms with E-state index in [1.54, 1.807) is 20.9 Å². The Labute approximate surface area is 186 Å². The highest BCUT2D eigenvalue weighted by atomic mass is 32.2. The number of aryl methyl sites for hydroxylation is 3. The smallest absolute Gasteiger partial charge is 0.292 e. The lowest BCUT2D eigenvalue weighted by Crippen LogP contribution is -2.39. The number of imidazole rings is 1.